The number of hydrogen-bond acceptors (Lipinski definition) is 6. The van der Waals surface area contributed by atoms with E-state index in [0.717, 1.165) is 35.3 Å². The molecule has 9 nitrogen and oxygen atoms in total. The van der Waals surface area contributed by atoms with E-state index in [4.69, 9.17) is 9.47 Å². The number of nitrogens with one attached hydrogen (secondary N) is 2. The minimum Gasteiger partial charge on any atom is -0.476 e. The lowest BCUT2D eigenvalue weighted by Crippen LogP contribution is -2.53. The highest BCUT2D eigenvalue weighted by Crippen LogP contribution is 2.43. The third-order valence-electron chi connectivity index (χ3n) is 8.27. The van der Waals surface area contributed by atoms with Crippen LogP contribution in [0.4, 0.5) is 17.1 Å². The number of carbonyl (C=O) groups excluding carboxylic acids is 3. The minimum absolute atomic E-state index is 0.000830. The number of rotatable bonds is 10. The van der Waals surface area contributed by atoms with Gasteiger partial charge in [-0.15, -0.1) is 0 Å². The Morgan fingerprint density at radius 1 is 1.19 bits per heavy atom. The second kappa shape index (κ2) is 12.3. The largest absolute Gasteiger partial charge is 0.476 e. The van der Waals surface area contributed by atoms with Gasteiger partial charge < -0.3 is 29.9 Å². The van der Waals surface area contributed by atoms with Gasteiger partial charge in [0.1, 0.15) is 5.75 Å². The SMILES string of the molecule is C=Cc1ccc(C)cc1NC(=O)[C@@H]1CNC[C@H](C(=O)N(c2ccc3c(c2)N(CCCOC)C(=O)C(C)(C)O3)C2CC2)C1. The van der Waals surface area contributed by atoms with E-state index >= 15 is 0 Å². The van der Waals surface area contributed by atoms with E-state index in [1.165, 1.54) is 0 Å². The lowest BCUT2D eigenvalue weighted by molar-refractivity contribution is -0.132. The Balaban J connectivity index is 1.35. The summed E-state index contributed by atoms with van der Waals surface area (Å²) >= 11 is 0. The van der Waals surface area contributed by atoms with Crippen molar-refractivity contribution in [2.75, 3.05) is 48.5 Å². The average molecular weight is 575 g/mol. The minimum atomic E-state index is -0.984. The van der Waals surface area contributed by atoms with Gasteiger partial charge in [-0.1, -0.05) is 24.8 Å². The van der Waals surface area contributed by atoms with Gasteiger partial charge in [-0.2, -0.15) is 0 Å². The van der Waals surface area contributed by atoms with Gasteiger partial charge in [0, 0.05) is 50.8 Å². The molecule has 2 N–H and O–H groups in total. The standard InChI is InChI=1S/C33H42N4O5/c1-6-22-9-8-21(2)16-27(22)35-30(38)23-17-24(20-34-19-23)31(39)37(25-10-11-25)26-12-13-29-28(18-26)36(14-7-15-41-5)32(40)33(3,4)42-29/h6,8-9,12-13,16,18,23-25,34H,1,7,10-11,14-15,17,19-20H2,2-5H3,(H,35,38)/t23-,24+/m0/s1. The first-order valence-corrected chi connectivity index (χ1v) is 14.8. The molecule has 1 saturated heterocycles. The van der Waals surface area contributed by atoms with Gasteiger partial charge in [0.15, 0.2) is 5.60 Å². The molecule has 2 aromatic carbocycles. The molecule has 2 heterocycles. The quantitative estimate of drug-likeness (QED) is 0.405. The molecule has 3 amide bonds. The van der Waals surface area contributed by atoms with Gasteiger partial charge in [-0.25, -0.2) is 0 Å². The second-order valence-electron chi connectivity index (χ2n) is 12.1. The van der Waals surface area contributed by atoms with Gasteiger partial charge in [-0.3, -0.25) is 14.4 Å². The van der Waals surface area contributed by atoms with E-state index in [-0.39, 0.29) is 35.6 Å². The van der Waals surface area contributed by atoms with Crippen molar-refractivity contribution in [1.29, 1.82) is 0 Å². The van der Waals surface area contributed by atoms with Crippen LogP contribution in [0.25, 0.3) is 6.08 Å². The maximum atomic E-state index is 14.1. The summed E-state index contributed by atoms with van der Waals surface area (Å²) in [6.45, 7) is 11.4. The van der Waals surface area contributed by atoms with Gasteiger partial charge in [-0.05, 0) is 81.8 Å². The van der Waals surface area contributed by atoms with Gasteiger partial charge >= 0.3 is 0 Å². The van der Waals surface area contributed by atoms with Crippen molar-refractivity contribution in [3.8, 4) is 5.75 Å². The monoisotopic (exact) mass is 574 g/mol. The van der Waals surface area contributed by atoms with E-state index in [9.17, 15) is 14.4 Å². The Kier molecular flexibility index (Phi) is 8.70. The summed E-state index contributed by atoms with van der Waals surface area (Å²) in [5.74, 6) is -0.303. The van der Waals surface area contributed by atoms with Crippen molar-refractivity contribution in [1.82, 2.24) is 5.32 Å². The molecule has 2 aliphatic heterocycles. The number of piperidine rings is 1. The zero-order chi connectivity index (χ0) is 30.0. The molecule has 1 aliphatic carbocycles. The number of amides is 3. The highest BCUT2D eigenvalue weighted by Gasteiger charge is 2.43. The second-order valence-corrected chi connectivity index (χ2v) is 12.1. The summed E-state index contributed by atoms with van der Waals surface area (Å²) in [6.07, 6.45) is 4.71. The van der Waals surface area contributed by atoms with Crippen LogP contribution >= 0.6 is 0 Å². The highest BCUT2D eigenvalue weighted by molar-refractivity contribution is 6.04. The van der Waals surface area contributed by atoms with Crippen LogP contribution in [0.15, 0.2) is 43.0 Å². The van der Waals surface area contributed by atoms with Crippen LogP contribution in [0.5, 0.6) is 5.75 Å². The molecule has 2 atom stereocenters. The van der Waals surface area contributed by atoms with E-state index in [0.29, 0.717) is 50.5 Å². The van der Waals surface area contributed by atoms with Crippen molar-refractivity contribution < 1.29 is 23.9 Å². The fraction of sp³-hybridized carbons (Fsp3) is 0.485. The Morgan fingerprint density at radius 2 is 1.95 bits per heavy atom. The summed E-state index contributed by atoms with van der Waals surface area (Å²) in [4.78, 5) is 44.4. The molecule has 0 bridgehead atoms. The van der Waals surface area contributed by atoms with E-state index in [1.54, 1.807) is 31.9 Å². The van der Waals surface area contributed by atoms with E-state index in [2.05, 4.69) is 17.2 Å². The predicted molar refractivity (Wildman–Crippen MR) is 165 cm³/mol. The zero-order valence-electron chi connectivity index (χ0n) is 25.1. The summed E-state index contributed by atoms with van der Waals surface area (Å²) in [6, 6.07) is 11.6. The molecule has 5 rings (SSSR count). The summed E-state index contributed by atoms with van der Waals surface area (Å²) in [7, 11) is 1.64. The zero-order valence-corrected chi connectivity index (χ0v) is 25.1. The lowest BCUT2D eigenvalue weighted by atomic mass is 9.88. The number of carbonyl (C=O) groups is 3. The normalized spacial score (nSPS) is 21.2. The molecular formula is C33H42N4O5. The van der Waals surface area contributed by atoms with Crippen LogP contribution in [-0.4, -0.2) is 62.7 Å². The Bertz CT molecular complexity index is 1370. The first-order valence-electron chi connectivity index (χ1n) is 14.8. The summed E-state index contributed by atoms with van der Waals surface area (Å²) < 4.78 is 11.3. The van der Waals surface area contributed by atoms with Gasteiger partial charge in [0.25, 0.3) is 5.91 Å². The maximum Gasteiger partial charge on any atom is 0.270 e. The first-order chi connectivity index (χ1) is 20.1. The number of nitrogens with zero attached hydrogens (tertiary/aromatic N) is 2. The smallest absolute Gasteiger partial charge is 0.270 e. The summed E-state index contributed by atoms with van der Waals surface area (Å²) in [5, 5.41) is 6.39. The maximum absolute atomic E-state index is 14.1. The molecule has 9 heteroatoms. The number of aryl methyl sites for hydroxylation is 1. The van der Waals surface area contributed by atoms with Crippen LogP contribution in [-0.2, 0) is 19.1 Å². The Hall–Kier alpha value is -3.69. The Labute approximate surface area is 248 Å². The topological polar surface area (TPSA) is 100 Å². The highest BCUT2D eigenvalue weighted by atomic mass is 16.5. The Morgan fingerprint density at radius 3 is 2.67 bits per heavy atom. The van der Waals surface area contributed by atoms with Crippen LogP contribution in [0.3, 0.4) is 0 Å². The molecule has 0 unspecified atom stereocenters. The molecule has 1 saturated carbocycles. The van der Waals surface area contributed by atoms with E-state index < -0.39 is 5.60 Å². The van der Waals surface area contributed by atoms with Crippen LogP contribution in [0.1, 0.15) is 50.7 Å². The number of ether oxygens (including phenoxy) is 2. The fourth-order valence-electron chi connectivity index (χ4n) is 5.86. The number of fused-ring (bicyclic) bond motifs is 1. The van der Waals surface area contributed by atoms with Crippen molar-refractivity contribution in [3.05, 3.63) is 54.1 Å². The average Bonchev–Trinajstić information content (AvgIpc) is 3.81. The molecule has 2 fully saturated rings. The van der Waals surface area contributed by atoms with Crippen LogP contribution in [0.2, 0.25) is 0 Å². The third-order valence-corrected chi connectivity index (χ3v) is 8.27. The molecule has 42 heavy (non-hydrogen) atoms. The van der Waals surface area contributed by atoms with E-state index in [1.807, 2.05) is 48.2 Å². The van der Waals surface area contributed by atoms with Gasteiger partial charge in [0.05, 0.1) is 17.5 Å². The predicted octanol–water partition coefficient (Wildman–Crippen LogP) is 4.54. The number of hydrogen-bond donors (Lipinski definition) is 2. The number of anilines is 3. The first kappa shape index (κ1) is 29.8. The van der Waals surface area contributed by atoms with Crippen molar-refractivity contribution in [3.63, 3.8) is 0 Å². The molecule has 0 radical (unpaired) electrons. The summed E-state index contributed by atoms with van der Waals surface area (Å²) in [5.41, 5.74) is 3.07. The van der Waals surface area contributed by atoms with Crippen LogP contribution in [0, 0.1) is 18.8 Å². The number of methoxy groups -OCH3 is 1. The van der Waals surface area contributed by atoms with Crippen molar-refractivity contribution >= 4 is 40.9 Å². The van der Waals surface area contributed by atoms with Gasteiger partial charge in [0.2, 0.25) is 11.8 Å². The lowest BCUT2D eigenvalue weighted by Gasteiger charge is -2.39. The number of benzene rings is 2. The van der Waals surface area contributed by atoms with Crippen molar-refractivity contribution in [2.24, 2.45) is 11.8 Å². The molecule has 2 aromatic rings. The third kappa shape index (κ3) is 6.22. The molecule has 0 spiro atoms. The molecule has 224 valence electrons. The van der Waals surface area contributed by atoms with Crippen molar-refractivity contribution in [2.45, 2.75) is 58.1 Å². The molecular weight excluding hydrogens is 532 g/mol. The fourth-order valence-corrected chi connectivity index (χ4v) is 5.86. The molecule has 0 aromatic heterocycles. The van der Waals surface area contributed by atoms with Crippen LogP contribution < -0.4 is 25.2 Å². The molecule has 3 aliphatic rings.